The molecular formula is C28H29N3O7S2. The molecule has 1 unspecified atom stereocenters. The topological polar surface area (TPSA) is 116 Å². The molecule has 1 aliphatic heterocycles. The summed E-state index contributed by atoms with van der Waals surface area (Å²) >= 11 is 1.34. The standard InChI is InChI=1S/C28H29N3O7S2/c1-35-20-10-12-22(13-11-20)40(33,34)30-19-8-6-18(7-9-19)27(32)31(17-21-5-4-16-38-21)28-29-25-23(36-2)14-15-24(37-3)26(25)39-28/h6-15,21,30H,4-5,16-17H2,1-3H3. The maximum atomic E-state index is 13.8. The van der Waals surface area contributed by atoms with Crippen molar-refractivity contribution in [3.63, 3.8) is 0 Å². The Kier molecular flexibility index (Phi) is 8.10. The van der Waals surface area contributed by atoms with Crippen molar-refractivity contribution in [1.82, 2.24) is 4.98 Å². The molecule has 12 heteroatoms. The van der Waals surface area contributed by atoms with Gasteiger partial charge in [-0.05, 0) is 73.5 Å². The van der Waals surface area contributed by atoms with Crippen LogP contribution in [0.5, 0.6) is 17.2 Å². The Morgan fingerprint density at radius 3 is 2.33 bits per heavy atom. The summed E-state index contributed by atoms with van der Waals surface area (Å²) < 4.78 is 50.9. The molecule has 1 fully saturated rings. The normalized spacial score (nSPS) is 15.1. The summed E-state index contributed by atoms with van der Waals surface area (Å²) in [6.07, 6.45) is 1.65. The van der Waals surface area contributed by atoms with Crippen molar-refractivity contribution < 1.29 is 32.2 Å². The highest BCUT2D eigenvalue weighted by Crippen LogP contribution is 2.40. The van der Waals surface area contributed by atoms with E-state index in [2.05, 4.69) is 4.72 Å². The second-order valence-electron chi connectivity index (χ2n) is 9.05. The molecule has 3 aromatic carbocycles. The number of hydrogen-bond donors (Lipinski definition) is 1. The lowest BCUT2D eigenvalue weighted by molar-refractivity contribution is 0.0917. The SMILES string of the molecule is COc1ccc(S(=O)(=O)Nc2ccc(C(=O)N(CC3CCCO3)c3nc4c(OC)ccc(OC)c4s3)cc2)cc1. The largest absolute Gasteiger partial charge is 0.497 e. The van der Waals surface area contributed by atoms with Crippen LogP contribution in [0.1, 0.15) is 23.2 Å². The molecule has 2 heterocycles. The van der Waals surface area contributed by atoms with Crippen LogP contribution in [0.25, 0.3) is 10.2 Å². The Hall–Kier alpha value is -3.87. The van der Waals surface area contributed by atoms with Gasteiger partial charge in [-0.2, -0.15) is 0 Å². The molecule has 1 amide bonds. The molecule has 1 aromatic heterocycles. The molecule has 1 saturated heterocycles. The van der Waals surface area contributed by atoms with Gasteiger partial charge < -0.3 is 18.9 Å². The number of nitrogens with zero attached hydrogens (tertiary/aromatic N) is 2. The van der Waals surface area contributed by atoms with Gasteiger partial charge in [-0.3, -0.25) is 14.4 Å². The monoisotopic (exact) mass is 583 g/mol. The molecule has 0 bridgehead atoms. The fourth-order valence-corrected chi connectivity index (χ4v) is 6.58. The van der Waals surface area contributed by atoms with Gasteiger partial charge in [-0.25, -0.2) is 13.4 Å². The van der Waals surface area contributed by atoms with E-state index < -0.39 is 10.0 Å². The van der Waals surface area contributed by atoms with E-state index in [0.29, 0.717) is 52.3 Å². The van der Waals surface area contributed by atoms with Crippen molar-refractivity contribution in [1.29, 1.82) is 0 Å². The van der Waals surface area contributed by atoms with Crippen LogP contribution in [0.15, 0.2) is 65.6 Å². The Balaban J connectivity index is 1.42. The van der Waals surface area contributed by atoms with E-state index in [1.165, 1.54) is 30.6 Å². The average molecular weight is 584 g/mol. The third-order valence-electron chi connectivity index (χ3n) is 6.54. The first-order valence-corrected chi connectivity index (χ1v) is 14.8. The summed E-state index contributed by atoms with van der Waals surface area (Å²) in [7, 11) is 0.840. The third kappa shape index (κ3) is 5.69. The first-order chi connectivity index (χ1) is 19.3. The minimum atomic E-state index is -3.82. The number of ether oxygens (including phenoxy) is 4. The van der Waals surface area contributed by atoms with E-state index in [-0.39, 0.29) is 16.9 Å². The van der Waals surface area contributed by atoms with E-state index >= 15 is 0 Å². The number of sulfonamides is 1. The summed E-state index contributed by atoms with van der Waals surface area (Å²) in [5.41, 5.74) is 1.31. The van der Waals surface area contributed by atoms with Gasteiger partial charge in [-0.1, -0.05) is 11.3 Å². The van der Waals surface area contributed by atoms with E-state index in [1.807, 2.05) is 0 Å². The molecule has 210 valence electrons. The van der Waals surface area contributed by atoms with Gasteiger partial charge in [-0.15, -0.1) is 0 Å². The van der Waals surface area contributed by atoms with Crippen LogP contribution in [0.4, 0.5) is 10.8 Å². The molecule has 0 saturated carbocycles. The Morgan fingerprint density at radius 2 is 1.70 bits per heavy atom. The molecular weight excluding hydrogens is 554 g/mol. The van der Waals surface area contributed by atoms with E-state index in [0.717, 1.165) is 17.5 Å². The van der Waals surface area contributed by atoms with Gasteiger partial charge in [0, 0.05) is 17.9 Å². The van der Waals surface area contributed by atoms with Crippen molar-refractivity contribution in [2.24, 2.45) is 0 Å². The number of rotatable bonds is 10. The molecule has 0 radical (unpaired) electrons. The Labute approximate surface area is 236 Å². The van der Waals surface area contributed by atoms with E-state index in [4.69, 9.17) is 23.9 Å². The predicted molar refractivity (Wildman–Crippen MR) is 154 cm³/mol. The highest BCUT2D eigenvalue weighted by Gasteiger charge is 2.28. The molecule has 40 heavy (non-hydrogen) atoms. The minimum Gasteiger partial charge on any atom is -0.497 e. The van der Waals surface area contributed by atoms with Crippen LogP contribution < -0.4 is 23.8 Å². The number of aromatic nitrogens is 1. The Bertz CT molecular complexity index is 1560. The number of anilines is 2. The van der Waals surface area contributed by atoms with Gasteiger partial charge in [0.05, 0.1) is 38.9 Å². The van der Waals surface area contributed by atoms with Crippen LogP contribution in [0.2, 0.25) is 0 Å². The van der Waals surface area contributed by atoms with Gasteiger partial charge in [0.2, 0.25) is 0 Å². The molecule has 5 rings (SSSR count). The van der Waals surface area contributed by atoms with Gasteiger partial charge in [0.1, 0.15) is 27.5 Å². The number of amides is 1. The second-order valence-corrected chi connectivity index (χ2v) is 11.7. The summed E-state index contributed by atoms with van der Waals surface area (Å²) in [4.78, 5) is 20.3. The maximum Gasteiger partial charge on any atom is 0.261 e. The zero-order valence-corrected chi connectivity index (χ0v) is 23.9. The first kappa shape index (κ1) is 27.7. The van der Waals surface area contributed by atoms with Gasteiger partial charge >= 0.3 is 0 Å². The van der Waals surface area contributed by atoms with E-state index in [1.54, 1.807) is 67.7 Å². The van der Waals surface area contributed by atoms with Crippen molar-refractivity contribution in [3.05, 3.63) is 66.2 Å². The number of fused-ring (bicyclic) bond motifs is 1. The lowest BCUT2D eigenvalue weighted by Gasteiger charge is -2.23. The molecule has 10 nitrogen and oxygen atoms in total. The number of hydrogen-bond acceptors (Lipinski definition) is 9. The van der Waals surface area contributed by atoms with Crippen LogP contribution in [-0.4, -0.2) is 59.9 Å². The zero-order valence-electron chi connectivity index (χ0n) is 22.2. The van der Waals surface area contributed by atoms with Crippen LogP contribution in [-0.2, 0) is 14.8 Å². The zero-order chi connectivity index (χ0) is 28.3. The summed E-state index contributed by atoms with van der Waals surface area (Å²) in [5.74, 6) is 1.49. The number of thiazole rings is 1. The van der Waals surface area contributed by atoms with Gasteiger partial charge in [0.15, 0.2) is 5.13 Å². The highest BCUT2D eigenvalue weighted by molar-refractivity contribution is 7.92. The molecule has 0 spiro atoms. The van der Waals surface area contributed by atoms with Crippen LogP contribution in [0.3, 0.4) is 0 Å². The van der Waals surface area contributed by atoms with Crippen LogP contribution >= 0.6 is 11.3 Å². The highest BCUT2D eigenvalue weighted by atomic mass is 32.2. The van der Waals surface area contributed by atoms with Crippen molar-refractivity contribution in [2.75, 3.05) is 44.1 Å². The van der Waals surface area contributed by atoms with Crippen molar-refractivity contribution in [2.45, 2.75) is 23.8 Å². The third-order valence-corrected chi connectivity index (χ3v) is 9.03. The summed E-state index contributed by atoms with van der Waals surface area (Å²) in [6, 6.07) is 16.0. The van der Waals surface area contributed by atoms with E-state index in [9.17, 15) is 13.2 Å². The first-order valence-electron chi connectivity index (χ1n) is 12.5. The number of carbonyl (C=O) groups is 1. The maximum absolute atomic E-state index is 13.8. The average Bonchev–Trinajstić information content (AvgIpc) is 3.66. The number of methoxy groups -OCH3 is 3. The number of carbonyl (C=O) groups excluding carboxylic acids is 1. The molecule has 1 N–H and O–H groups in total. The van der Waals surface area contributed by atoms with Crippen molar-refractivity contribution in [3.8, 4) is 17.2 Å². The number of benzene rings is 3. The molecule has 4 aromatic rings. The minimum absolute atomic E-state index is 0.0953. The molecule has 0 aliphatic carbocycles. The predicted octanol–water partition coefficient (Wildman–Crippen LogP) is 4.95. The lowest BCUT2D eigenvalue weighted by Crippen LogP contribution is -2.37. The fourth-order valence-electron chi connectivity index (χ4n) is 4.44. The molecule has 1 aliphatic rings. The smallest absolute Gasteiger partial charge is 0.261 e. The Morgan fingerprint density at radius 1 is 1.00 bits per heavy atom. The van der Waals surface area contributed by atoms with Crippen molar-refractivity contribution >= 4 is 48.3 Å². The molecule has 1 atom stereocenters. The quantitative estimate of drug-likeness (QED) is 0.279. The second kappa shape index (κ2) is 11.7. The fraction of sp³-hybridized carbons (Fsp3) is 0.286. The lowest BCUT2D eigenvalue weighted by atomic mass is 10.1. The van der Waals surface area contributed by atoms with Gasteiger partial charge in [0.25, 0.3) is 15.9 Å². The summed E-state index contributed by atoms with van der Waals surface area (Å²) in [5, 5.41) is 0.489. The summed E-state index contributed by atoms with van der Waals surface area (Å²) in [6.45, 7) is 0.979. The van der Waals surface area contributed by atoms with Crippen LogP contribution in [0, 0.1) is 0 Å². The number of nitrogens with one attached hydrogen (secondary N) is 1.